The fraction of sp³-hybridized carbons (Fsp3) is 0. The Morgan fingerprint density at radius 3 is 2.11 bits per heavy atom. The summed E-state index contributed by atoms with van der Waals surface area (Å²) in [5, 5.41) is 20.6. The van der Waals surface area contributed by atoms with E-state index in [1.807, 2.05) is 0 Å². The van der Waals surface area contributed by atoms with E-state index in [4.69, 9.17) is 16.3 Å². The van der Waals surface area contributed by atoms with Crippen LogP contribution in [0.4, 0.5) is 17.1 Å². The number of rotatable bonds is 2. The van der Waals surface area contributed by atoms with Crippen molar-refractivity contribution in [2.24, 2.45) is 0 Å². The average molecular weight is 234 g/mol. The summed E-state index contributed by atoms with van der Waals surface area (Å²) in [6.45, 7) is 0. The summed E-state index contributed by atoms with van der Waals surface area (Å²) in [5.74, 6) is 0. The van der Waals surface area contributed by atoms with Crippen LogP contribution < -0.4 is 11.1 Å². The maximum absolute atomic E-state index is 8.83. The molecule has 2 aromatic carbocycles. The van der Waals surface area contributed by atoms with E-state index < -0.39 is 0 Å². The number of nitrogens with zero attached hydrogens (tertiary/aromatic N) is 2. The highest BCUT2D eigenvalue weighted by atomic mass is 14.9. The molecule has 0 unspecified atom stereocenters. The van der Waals surface area contributed by atoms with Crippen molar-refractivity contribution in [3.8, 4) is 12.1 Å². The monoisotopic (exact) mass is 234 g/mol. The molecule has 0 radical (unpaired) electrons. The Balaban J connectivity index is 2.28. The number of hydrogen-bond donors (Lipinski definition) is 2. The molecule has 4 heteroatoms. The molecule has 0 heterocycles. The Morgan fingerprint density at radius 2 is 1.50 bits per heavy atom. The molecule has 18 heavy (non-hydrogen) atoms. The molecule has 0 aliphatic rings. The van der Waals surface area contributed by atoms with Crippen molar-refractivity contribution in [1.29, 1.82) is 10.5 Å². The van der Waals surface area contributed by atoms with Gasteiger partial charge in [0.05, 0.1) is 34.6 Å². The molecule has 0 saturated carbocycles. The van der Waals surface area contributed by atoms with E-state index in [1.54, 1.807) is 42.5 Å². The lowest BCUT2D eigenvalue weighted by atomic mass is 10.1. The molecule has 0 aliphatic carbocycles. The average Bonchev–Trinajstić information content (AvgIpc) is 2.42. The summed E-state index contributed by atoms with van der Waals surface area (Å²) < 4.78 is 0. The van der Waals surface area contributed by atoms with Gasteiger partial charge in [-0.2, -0.15) is 10.5 Å². The zero-order chi connectivity index (χ0) is 13.0. The van der Waals surface area contributed by atoms with E-state index in [-0.39, 0.29) is 0 Å². The molecule has 0 aromatic heterocycles. The van der Waals surface area contributed by atoms with Crippen LogP contribution in [0.25, 0.3) is 0 Å². The smallest absolute Gasteiger partial charge is 0.0992 e. The Bertz CT molecular complexity index is 645. The summed E-state index contributed by atoms with van der Waals surface area (Å²) in [7, 11) is 0. The largest absolute Gasteiger partial charge is 0.397 e. The Kier molecular flexibility index (Phi) is 3.13. The van der Waals surface area contributed by atoms with Gasteiger partial charge in [-0.3, -0.25) is 0 Å². The van der Waals surface area contributed by atoms with Crippen LogP contribution in [0.1, 0.15) is 11.1 Å². The second-order valence-electron chi connectivity index (χ2n) is 3.73. The van der Waals surface area contributed by atoms with Crippen molar-refractivity contribution in [2.75, 3.05) is 11.1 Å². The van der Waals surface area contributed by atoms with Gasteiger partial charge < -0.3 is 11.1 Å². The van der Waals surface area contributed by atoms with E-state index in [1.165, 1.54) is 0 Å². The van der Waals surface area contributed by atoms with Gasteiger partial charge in [-0.15, -0.1) is 0 Å². The van der Waals surface area contributed by atoms with Gasteiger partial charge in [0, 0.05) is 5.69 Å². The molecule has 0 fully saturated rings. The molecule has 0 aliphatic heterocycles. The maximum Gasteiger partial charge on any atom is 0.0992 e. The number of nitrogens with one attached hydrogen (secondary N) is 1. The molecule has 0 bridgehead atoms. The van der Waals surface area contributed by atoms with Crippen molar-refractivity contribution in [3.05, 3.63) is 53.6 Å². The third kappa shape index (κ3) is 2.40. The van der Waals surface area contributed by atoms with Crippen LogP contribution in [-0.4, -0.2) is 0 Å². The van der Waals surface area contributed by atoms with E-state index >= 15 is 0 Å². The Morgan fingerprint density at radius 1 is 0.889 bits per heavy atom. The highest BCUT2D eigenvalue weighted by Crippen LogP contribution is 2.24. The van der Waals surface area contributed by atoms with Crippen molar-refractivity contribution < 1.29 is 0 Å². The minimum atomic E-state index is 0.542. The lowest BCUT2D eigenvalue weighted by Crippen LogP contribution is -1.96. The number of nitriles is 2. The zero-order valence-electron chi connectivity index (χ0n) is 9.51. The second-order valence-corrected chi connectivity index (χ2v) is 3.73. The van der Waals surface area contributed by atoms with E-state index in [9.17, 15) is 0 Å². The van der Waals surface area contributed by atoms with Gasteiger partial charge in [0.1, 0.15) is 0 Å². The van der Waals surface area contributed by atoms with Crippen LogP contribution in [0.2, 0.25) is 0 Å². The lowest BCUT2D eigenvalue weighted by molar-refractivity contribution is 1.46. The summed E-state index contributed by atoms with van der Waals surface area (Å²) >= 11 is 0. The summed E-state index contributed by atoms with van der Waals surface area (Å²) in [6, 6.07) is 16.2. The highest BCUT2D eigenvalue weighted by molar-refractivity contribution is 5.74. The van der Waals surface area contributed by atoms with Gasteiger partial charge in [0.25, 0.3) is 0 Å². The molecule has 4 nitrogen and oxygen atoms in total. The predicted octanol–water partition coefficient (Wildman–Crippen LogP) is 2.76. The number of nitrogens with two attached hydrogens (primary N) is 1. The predicted molar refractivity (Wildman–Crippen MR) is 70.0 cm³/mol. The van der Waals surface area contributed by atoms with Crippen LogP contribution >= 0.6 is 0 Å². The second kappa shape index (κ2) is 4.90. The molecule has 0 amide bonds. The maximum atomic E-state index is 8.83. The number of benzene rings is 2. The Hall–Kier alpha value is -2.98. The van der Waals surface area contributed by atoms with Gasteiger partial charge in [0.2, 0.25) is 0 Å². The number of nitrogen functional groups attached to an aromatic ring is 1. The number of anilines is 3. The van der Waals surface area contributed by atoms with Gasteiger partial charge >= 0.3 is 0 Å². The minimum absolute atomic E-state index is 0.542. The molecule has 86 valence electrons. The van der Waals surface area contributed by atoms with E-state index in [2.05, 4.69) is 17.5 Å². The third-order valence-electron chi connectivity index (χ3n) is 2.48. The van der Waals surface area contributed by atoms with Crippen LogP contribution in [0.3, 0.4) is 0 Å². The van der Waals surface area contributed by atoms with E-state index in [0.29, 0.717) is 22.5 Å². The molecular formula is C14H10N4. The molecule has 0 saturated heterocycles. The molecular weight excluding hydrogens is 224 g/mol. The third-order valence-corrected chi connectivity index (χ3v) is 2.48. The van der Waals surface area contributed by atoms with Crippen molar-refractivity contribution in [1.82, 2.24) is 0 Å². The molecule has 2 rings (SSSR count). The van der Waals surface area contributed by atoms with Gasteiger partial charge in [-0.1, -0.05) is 0 Å². The van der Waals surface area contributed by atoms with E-state index in [0.717, 1.165) is 5.69 Å². The van der Waals surface area contributed by atoms with Crippen LogP contribution in [0, 0.1) is 22.7 Å². The standard InChI is InChI=1S/C14H10N4/c15-8-10-1-4-12(5-2-10)18-14-7-11(9-16)3-6-13(14)17/h1-7,18H,17H2. The minimum Gasteiger partial charge on any atom is -0.397 e. The molecule has 3 N–H and O–H groups in total. The first kappa shape index (κ1) is 11.5. The van der Waals surface area contributed by atoms with Crippen LogP contribution in [0.15, 0.2) is 42.5 Å². The molecule has 2 aromatic rings. The first-order valence-electron chi connectivity index (χ1n) is 5.30. The van der Waals surface area contributed by atoms with Gasteiger partial charge in [-0.05, 0) is 42.5 Å². The molecule has 0 atom stereocenters. The fourth-order valence-electron chi connectivity index (χ4n) is 1.52. The fourth-order valence-corrected chi connectivity index (χ4v) is 1.52. The summed E-state index contributed by atoms with van der Waals surface area (Å²) in [5.41, 5.74) is 9.03. The van der Waals surface area contributed by atoms with Crippen molar-refractivity contribution in [3.63, 3.8) is 0 Å². The molecule has 0 spiro atoms. The SMILES string of the molecule is N#Cc1ccc(Nc2cc(C#N)ccc2N)cc1. The Labute approximate surface area is 105 Å². The number of hydrogen-bond acceptors (Lipinski definition) is 4. The quantitative estimate of drug-likeness (QED) is 0.782. The van der Waals surface area contributed by atoms with Crippen molar-refractivity contribution >= 4 is 17.1 Å². The highest BCUT2D eigenvalue weighted by Gasteiger charge is 2.01. The summed E-state index contributed by atoms with van der Waals surface area (Å²) in [6.07, 6.45) is 0. The lowest BCUT2D eigenvalue weighted by Gasteiger charge is -2.09. The first-order chi connectivity index (χ1) is 8.72. The summed E-state index contributed by atoms with van der Waals surface area (Å²) in [4.78, 5) is 0. The first-order valence-corrected chi connectivity index (χ1v) is 5.30. The topological polar surface area (TPSA) is 85.6 Å². The zero-order valence-corrected chi connectivity index (χ0v) is 9.51. The van der Waals surface area contributed by atoms with Crippen LogP contribution in [-0.2, 0) is 0 Å². The normalized spacial score (nSPS) is 9.22. The van der Waals surface area contributed by atoms with Crippen molar-refractivity contribution in [2.45, 2.75) is 0 Å². The van der Waals surface area contributed by atoms with Gasteiger partial charge in [-0.25, -0.2) is 0 Å². The van der Waals surface area contributed by atoms with Gasteiger partial charge in [0.15, 0.2) is 0 Å². The van der Waals surface area contributed by atoms with Crippen LogP contribution in [0.5, 0.6) is 0 Å².